The topological polar surface area (TPSA) is 100.0 Å². The van der Waals surface area contributed by atoms with E-state index in [9.17, 15) is 19.8 Å². The van der Waals surface area contributed by atoms with Crippen LogP contribution in [0.3, 0.4) is 0 Å². The monoisotopic (exact) mass is 500 g/mol. The summed E-state index contributed by atoms with van der Waals surface area (Å²) in [5.74, 6) is -1.74. The zero-order valence-corrected chi connectivity index (χ0v) is 21.0. The second kappa shape index (κ2) is 8.80. The molecule has 2 N–H and O–H groups in total. The Hall–Kier alpha value is -4.17. The Morgan fingerprint density at radius 1 is 1.00 bits per heavy atom. The number of amides is 1. The molecular formula is C28H24N2O5S. The summed E-state index contributed by atoms with van der Waals surface area (Å²) in [6, 6.07) is 15.0. The number of aliphatic hydroxyl groups is 1. The fourth-order valence-electron chi connectivity index (χ4n) is 4.47. The fourth-order valence-corrected chi connectivity index (χ4v) is 5.56. The SMILES string of the molecule is COc1cc(C2/C(=C(\O)c3cc(C)ccc3C)C(=O)C(=O)N2c2nc3ccc(C)cc3s2)ccc1O. The Morgan fingerprint density at radius 2 is 1.72 bits per heavy atom. The van der Waals surface area contributed by atoms with Crippen molar-refractivity contribution in [3.8, 4) is 11.5 Å². The predicted molar refractivity (Wildman–Crippen MR) is 140 cm³/mol. The van der Waals surface area contributed by atoms with Gasteiger partial charge in [0.2, 0.25) is 0 Å². The number of ether oxygens (including phenoxy) is 1. The number of anilines is 1. The van der Waals surface area contributed by atoms with Crippen molar-refractivity contribution in [3.63, 3.8) is 0 Å². The third-order valence-electron chi connectivity index (χ3n) is 6.35. The van der Waals surface area contributed by atoms with Crippen molar-refractivity contribution in [2.75, 3.05) is 12.0 Å². The van der Waals surface area contributed by atoms with Gasteiger partial charge in [0, 0.05) is 5.56 Å². The van der Waals surface area contributed by atoms with E-state index < -0.39 is 17.7 Å². The second-order valence-corrected chi connectivity index (χ2v) is 9.90. The number of benzene rings is 3. The van der Waals surface area contributed by atoms with Gasteiger partial charge >= 0.3 is 5.91 Å². The molecule has 36 heavy (non-hydrogen) atoms. The van der Waals surface area contributed by atoms with Gasteiger partial charge in [0.05, 0.1) is 28.9 Å². The molecule has 1 amide bonds. The van der Waals surface area contributed by atoms with Gasteiger partial charge in [-0.1, -0.05) is 41.2 Å². The van der Waals surface area contributed by atoms with E-state index in [0.29, 0.717) is 21.8 Å². The Bertz CT molecular complexity index is 1590. The van der Waals surface area contributed by atoms with Gasteiger partial charge in [-0.15, -0.1) is 0 Å². The number of aromatic nitrogens is 1. The van der Waals surface area contributed by atoms with Crippen LogP contribution in [0.25, 0.3) is 16.0 Å². The highest BCUT2D eigenvalue weighted by Gasteiger charge is 2.48. The van der Waals surface area contributed by atoms with E-state index in [1.54, 1.807) is 18.2 Å². The van der Waals surface area contributed by atoms with Gasteiger partial charge in [-0.05, 0) is 67.8 Å². The van der Waals surface area contributed by atoms with Gasteiger partial charge in [-0.3, -0.25) is 14.5 Å². The normalized spacial score (nSPS) is 17.2. The average molecular weight is 501 g/mol. The lowest BCUT2D eigenvalue weighted by Gasteiger charge is -2.23. The van der Waals surface area contributed by atoms with Crippen LogP contribution in [-0.2, 0) is 9.59 Å². The molecule has 2 heterocycles. The van der Waals surface area contributed by atoms with Gasteiger partial charge < -0.3 is 14.9 Å². The third-order valence-corrected chi connectivity index (χ3v) is 7.37. The van der Waals surface area contributed by atoms with Crippen molar-refractivity contribution in [2.45, 2.75) is 26.8 Å². The van der Waals surface area contributed by atoms with Crippen LogP contribution >= 0.6 is 11.3 Å². The van der Waals surface area contributed by atoms with Crippen LogP contribution < -0.4 is 9.64 Å². The van der Waals surface area contributed by atoms with E-state index in [1.165, 1.54) is 29.4 Å². The van der Waals surface area contributed by atoms with E-state index in [2.05, 4.69) is 4.98 Å². The van der Waals surface area contributed by atoms with E-state index in [1.807, 2.05) is 51.1 Å². The van der Waals surface area contributed by atoms with Crippen LogP contribution in [0, 0.1) is 20.8 Å². The highest BCUT2D eigenvalue weighted by atomic mass is 32.1. The maximum atomic E-state index is 13.5. The smallest absolute Gasteiger partial charge is 0.301 e. The van der Waals surface area contributed by atoms with Crippen LogP contribution in [0.4, 0.5) is 5.13 Å². The van der Waals surface area contributed by atoms with Gasteiger partial charge in [-0.25, -0.2) is 4.98 Å². The number of thiazole rings is 1. The Balaban J connectivity index is 1.78. The molecule has 8 heteroatoms. The molecule has 3 aromatic carbocycles. The first-order chi connectivity index (χ1) is 17.2. The minimum atomic E-state index is -0.971. The standard InChI is InChI=1S/C28H24N2O5S/c1-14-5-7-16(3)18(11-14)25(32)23-24(17-8-10-20(31)21(13-17)35-4)30(27(34)26(23)33)28-29-19-9-6-15(2)12-22(19)36-28/h5-13,24,31-32H,1-4H3/b25-23+. The van der Waals surface area contributed by atoms with E-state index >= 15 is 0 Å². The molecule has 7 nitrogen and oxygen atoms in total. The zero-order valence-electron chi connectivity index (χ0n) is 20.2. The number of carbonyl (C=O) groups is 2. The molecule has 0 spiro atoms. The van der Waals surface area contributed by atoms with Crippen molar-refractivity contribution in [1.82, 2.24) is 4.98 Å². The summed E-state index contributed by atoms with van der Waals surface area (Å²) in [5.41, 5.74) is 4.35. The fraction of sp³-hybridized carbons (Fsp3) is 0.179. The van der Waals surface area contributed by atoms with Crippen molar-refractivity contribution < 1.29 is 24.5 Å². The molecule has 5 rings (SSSR count). The molecule has 182 valence electrons. The number of hydrogen-bond donors (Lipinski definition) is 2. The summed E-state index contributed by atoms with van der Waals surface area (Å²) < 4.78 is 6.16. The number of Topliss-reactive ketones (excluding diaryl/α,β-unsaturated/α-hetero) is 1. The quantitative estimate of drug-likeness (QED) is 0.216. The number of rotatable bonds is 4. The number of carbonyl (C=O) groups excluding carboxylic acids is 2. The van der Waals surface area contributed by atoms with Crippen LogP contribution in [0.1, 0.15) is 33.9 Å². The van der Waals surface area contributed by atoms with Crippen LogP contribution in [-0.4, -0.2) is 34.0 Å². The number of nitrogens with zero attached hydrogens (tertiary/aromatic N) is 2. The lowest BCUT2D eigenvalue weighted by atomic mass is 9.93. The highest BCUT2D eigenvalue weighted by molar-refractivity contribution is 7.22. The predicted octanol–water partition coefficient (Wildman–Crippen LogP) is 5.56. The number of methoxy groups -OCH3 is 1. The molecule has 0 radical (unpaired) electrons. The van der Waals surface area contributed by atoms with Crippen molar-refractivity contribution >= 4 is 44.1 Å². The van der Waals surface area contributed by atoms with Gasteiger partial charge in [-0.2, -0.15) is 0 Å². The number of phenols is 1. The second-order valence-electron chi connectivity index (χ2n) is 8.89. The molecule has 1 atom stereocenters. The summed E-state index contributed by atoms with van der Waals surface area (Å²) in [6.07, 6.45) is 0. The van der Waals surface area contributed by atoms with E-state index in [0.717, 1.165) is 21.4 Å². The maximum Gasteiger partial charge on any atom is 0.301 e. The highest BCUT2D eigenvalue weighted by Crippen LogP contribution is 2.46. The minimum absolute atomic E-state index is 0.0446. The maximum absolute atomic E-state index is 13.5. The number of phenolic OH excluding ortho intramolecular Hbond substituents is 1. The molecule has 1 unspecified atom stereocenters. The summed E-state index contributed by atoms with van der Waals surface area (Å²) in [5, 5.41) is 22.0. The largest absolute Gasteiger partial charge is 0.507 e. The molecule has 0 aliphatic carbocycles. The summed E-state index contributed by atoms with van der Waals surface area (Å²) >= 11 is 1.30. The summed E-state index contributed by atoms with van der Waals surface area (Å²) in [6.45, 7) is 5.69. The van der Waals surface area contributed by atoms with Gasteiger partial charge in [0.25, 0.3) is 5.78 Å². The Labute approximate surface area is 211 Å². The molecule has 0 saturated carbocycles. The first kappa shape index (κ1) is 23.6. The van der Waals surface area contributed by atoms with Gasteiger partial charge in [0.1, 0.15) is 5.76 Å². The van der Waals surface area contributed by atoms with E-state index in [-0.39, 0.29) is 22.8 Å². The zero-order chi connectivity index (χ0) is 25.7. The molecule has 1 saturated heterocycles. The lowest BCUT2D eigenvalue weighted by molar-refractivity contribution is -0.132. The van der Waals surface area contributed by atoms with Crippen LogP contribution in [0.15, 0.2) is 60.2 Å². The molecule has 1 fully saturated rings. The first-order valence-corrected chi connectivity index (χ1v) is 12.1. The van der Waals surface area contributed by atoms with Crippen molar-refractivity contribution in [1.29, 1.82) is 0 Å². The number of hydrogen-bond acceptors (Lipinski definition) is 7. The molecule has 1 aromatic heterocycles. The van der Waals surface area contributed by atoms with Crippen molar-refractivity contribution in [3.05, 3.63) is 88.0 Å². The first-order valence-electron chi connectivity index (χ1n) is 11.3. The summed E-state index contributed by atoms with van der Waals surface area (Å²) in [7, 11) is 1.42. The molecular weight excluding hydrogens is 476 g/mol. The molecule has 0 bridgehead atoms. The summed E-state index contributed by atoms with van der Waals surface area (Å²) in [4.78, 5) is 32.9. The average Bonchev–Trinajstić information content (AvgIpc) is 3.38. The van der Waals surface area contributed by atoms with Crippen LogP contribution in [0.2, 0.25) is 0 Å². The third kappa shape index (κ3) is 3.79. The Morgan fingerprint density at radius 3 is 2.47 bits per heavy atom. The lowest BCUT2D eigenvalue weighted by Crippen LogP contribution is -2.29. The number of aromatic hydroxyl groups is 1. The van der Waals surface area contributed by atoms with Gasteiger partial charge in [0.15, 0.2) is 16.6 Å². The Kier molecular flexibility index (Phi) is 5.76. The van der Waals surface area contributed by atoms with Crippen LogP contribution in [0.5, 0.6) is 11.5 Å². The molecule has 1 aliphatic heterocycles. The number of aliphatic hydroxyl groups excluding tert-OH is 1. The molecule has 4 aromatic rings. The minimum Gasteiger partial charge on any atom is -0.507 e. The van der Waals surface area contributed by atoms with E-state index in [4.69, 9.17) is 4.74 Å². The number of ketones is 1. The number of aryl methyl sites for hydroxylation is 3. The number of fused-ring (bicyclic) bond motifs is 1. The van der Waals surface area contributed by atoms with Crippen molar-refractivity contribution in [2.24, 2.45) is 0 Å². The molecule has 1 aliphatic rings.